The maximum Gasteiger partial charge on any atom is 0.136 e. The second kappa shape index (κ2) is 10.2. The quantitative estimate of drug-likeness (QED) is 0.141. The molecule has 47 heavy (non-hydrogen) atoms. The van der Waals surface area contributed by atoms with E-state index >= 15 is 0 Å². The van der Waals surface area contributed by atoms with Gasteiger partial charge in [0.15, 0.2) is 0 Å². The lowest BCUT2D eigenvalue weighted by molar-refractivity contribution is 0.669. The van der Waals surface area contributed by atoms with Gasteiger partial charge in [0.25, 0.3) is 0 Å². The molecule has 0 saturated heterocycles. The molecule has 0 radical (unpaired) electrons. The molecular weight excluding hydrogens is 569 g/mol. The van der Waals surface area contributed by atoms with E-state index in [1.807, 2.05) is 0 Å². The number of rotatable bonds is 3. The first-order valence-corrected chi connectivity index (χ1v) is 14.0. The minimum absolute atomic E-state index is 0.218. The van der Waals surface area contributed by atoms with E-state index in [0.717, 1.165) is 6.07 Å². The van der Waals surface area contributed by atoms with E-state index in [9.17, 15) is 15.1 Å². The second-order valence-corrected chi connectivity index (χ2v) is 10.3. The van der Waals surface area contributed by atoms with E-state index in [-0.39, 0.29) is 16.2 Å². The van der Waals surface area contributed by atoms with Gasteiger partial charge in [0.05, 0.1) is 37.0 Å². The third-order valence-electron chi connectivity index (χ3n) is 7.84. The molecule has 0 N–H and O–H groups in total. The summed E-state index contributed by atoms with van der Waals surface area (Å²) in [6.07, 6.45) is 0. The molecular formula is C46H28O. The van der Waals surface area contributed by atoms with Crippen molar-refractivity contribution in [2.75, 3.05) is 0 Å². The van der Waals surface area contributed by atoms with E-state index in [2.05, 4.69) is 0 Å². The molecule has 0 amide bonds. The van der Waals surface area contributed by atoms with Crippen molar-refractivity contribution in [2.45, 2.75) is 0 Å². The Kier molecular flexibility index (Phi) is 2.37. The van der Waals surface area contributed by atoms with Gasteiger partial charge < -0.3 is 4.42 Å². The maximum absolute atomic E-state index is 9.68. The van der Waals surface area contributed by atoms with Gasteiger partial charge in [-0.05, 0) is 94.6 Å². The number of fused-ring (bicyclic) bond motifs is 8. The summed E-state index contributed by atoms with van der Waals surface area (Å²) >= 11 is 0. The molecule has 218 valence electrons. The fourth-order valence-electron chi connectivity index (χ4n) is 5.83. The average molecular weight is 624 g/mol. The van der Waals surface area contributed by atoms with Gasteiger partial charge >= 0.3 is 0 Å². The SMILES string of the molecule is [2H]c1cc2c(c([2H])c1[2H])c([2H])c([2H])c1c([2H])c(-c3c4c([2H])c([2H])c([2H])c([2H])c4c(-c4c([2H])c([2H])c(-c5c([2H])c([2H])c([2H])c6oc7c([2H])c([2H])c([2H])c([2H])c7c56)c([2H])c4[2H])c4c([2H])c([2H])c([2H])c([2H])c34)c([2H])c([2H])c12. The summed E-state index contributed by atoms with van der Waals surface area (Å²) in [6.45, 7) is 0. The average Bonchev–Trinajstić information content (AvgIpc) is 3.77. The van der Waals surface area contributed by atoms with Crippen molar-refractivity contribution in [3.8, 4) is 33.4 Å². The highest BCUT2D eigenvalue weighted by Crippen LogP contribution is 2.45. The second-order valence-electron chi connectivity index (χ2n) is 10.3. The third kappa shape index (κ3) is 3.97. The van der Waals surface area contributed by atoms with E-state index < -0.39 is 245 Å². The van der Waals surface area contributed by atoms with Gasteiger partial charge in [-0.15, -0.1) is 0 Å². The zero-order valence-electron chi connectivity index (χ0n) is 50.5. The van der Waals surface area contributed by atoms with Crippen LogP contribution in [0.1, 0.15) is 37.0 Å². The van der Waals surface area contributed by atoms with E-state index in [4.69, 9.17) is 26.3 Å². The van der Waals surface area contributed by atoms with E-state index in [0.29, 0.717) is 0 Å². The fraction of sp³-hybridized carbons (Fsp3) is 0. The smallest absolute Gasteiger partial charge is 0.136 e. The number of para-hydroxylation sites is 1. The van der Waals surface area contributed by atoms with Crippen molar-refractivity contribution in [2.24, 2.45) is 0 Å². The number of hydrogen-bond donors (Lipinski definition) is 0. The number of benzene rings is 9. The van der Waals surface area contributed by atoms with Crippen LogP contribution in [-0.4, -0.2) is 0 Å². The minimum Gasteiger partial charge on any atom is -0.456 e. The van der Waals surface area contributed by atoms with Crippen LogP contribution in [0.25, 0.3) is 98.4 Å². The summed E-state index contributed by atoms with van der Waals surface area (Å²) in [7, 11) is 0. The molecule has 1 aromatic heterocycles. The molecule has 0 saturated carbocycles. The van der Waals surface area contributed by atoms with Crippen LogP contribution in [-0.2, 0) is 0 Å². The first kappa shape index (κ1) is 11.0. The lowest BCUT2D eigenvalue weighted by Gasteiger charge is -2.18. The van der Waals surface area contributed by atoms with Gasteiger partial charge in [0.2, 0.25) is 0 Å². The lowest BCUT2D eigenvalue weighted by Crippen LogP contribution is -1.91. The van der Waals surface area contributed by atoms with Crippen LogP contribution in [0.15, 0.2) is 174 Å². The van der Waals surface area contributed by atoms with Crippen LogP contribution < -0.4 is 0 Å². The summed E-state index contributed by atoms with van der Waals surface area (Å²) in [4.78, 5) is 0. The molecule has 9 aromatic carbocycles. The summed E-state index contributed by atoms with van der Waals surface area (Å²) in [5, 5.41) is -5.27. The van der Waals surface area contributed by atoms with Crippen molar-refractivity contribution in [1.82, 2.24) is 0 Å². The zero-order valence-corrected chi connectivity index (χ0v) is 23.5. The Labute approximate surface area is 309 Å². The van der Waals surface area contributed by atoms with Crippen molar-refractivity contribution < 1.29 is 41.4 Å². The highest BCUT2D eigenvalue weighted by molar-refractivity contribution is 6.22. The highest BCUT2D eigenvalue weighted by Gasteiger charge is 2.18. The molecule has 0 aliphatic rings. The molecule has 0 fully saturated rings. The Balaban J connectivity index is 1.45. The predicted molar refractivity (Wildman–Crippen MR) is 200 cm³/mol. The number of furan rings is 1. The molecule has 10 aromatic rings. The molecule has 0 aliphatic heterocycles. The first-order chi connectivity index (χ1) is 34.6. The van der Waals surface area contributed by atoms with Gasteiger partial charge in [-0.25, -0.2) is 0 Å². The van der Waals surface area contributed by atoms with Gasteiger partial charge in [0, 0.05) is 10.8 Å². The van der Waals surface area contributed by atoms with Crippen molar-refractivity contribution in [1.29, 1.82) is 0 Å². The molecule has 0 aliphatic carbocycles. The fourth-order valence-corrected chi connectivity index (χ4v) is 5.83. The largest absolute Gasteiger partial charge is 0.456 e. The van der Waals surface area contributed by atoms with Crippen LogP contribution in [0.5, 0.6) is 0 Å². The van der Waals surface area contributed by atoms with Crippen molar-refractivity contribution in [3.05, 3.63) is 169 Å². The van der Waals surface area contributed by atoms with Crippen LogP contribution in [0.4, 0.5) is 0 Å². The predicted octanol–water partition coefficient (Wildman–Crippen LogP) is 13.2. The normalized spacial score (nSPS) is 19.9. The summed E-state index contributed by atoms with van der Waals surface area (Å²) in [6, 6.07) is -22.5. The van der Waals surface area contributed by atoms with Gasteiger partial charge in [-0.1, -0.05) is 151 Å². The van der Waals surface area contributed by atoms with E-state index in [1.54, 1.807) is 0 Å². The van der Waals surface area contributed by atoms with Crippen molar-refractivity contribution in [3.63, 3.8) is 0 Å². The Bertz CT molecular complexity index is 4280. The minimum atomic E-state index is -1.08. The maximum atomic E-state index is 9.68. The topological polar surface area (TPSA) is 13.1 Å². The van der Waals surface area contributed by atoms with Crippen LogP contribution in [0, 0.1) is 0 Å². The van der Waals surface area contributed by atoms with Crippen molar-refractivity contribution >= 4 is 65.0 Å². The molecule has 10 rings (SSSR count). The Morgan fingerprint density at radius 1 is 0.362 bits per heavy atom. The van der Waals surface area contributed by atoms with Gasteiger partial charge in [-0.2, -0.15) is 0 Å². The molecule has 0 atom stereocenters. The summed E-state index contributed by atoms with van der Waals surface area (Å²) in [5.74, 6) is 0. The molecule has 0 spiro atoms. The lowest BCUT2D eigenvalue weighted by atomic mass is 9.85. The van der Waals surface area contributed by atoms with E-state index in [1.165, 1.54) is 0 Å². The molecule has 1 heteroatoms. The van der Waals surface area contributed by atoms with Gasteiger partial charge in [0.1, 0.15) is 11.2 Å². The molecule has 0 bridgehead atoms. The highest BCUT2D eigenvalue weighted by atomic mass is 16.3. The first-order valence-electron chi connectivity index (χ1n) is 27.5. The van der Waals surface area contributed by atoms with Crippen LogP contribution >= 0.6 is 0 Å². The Hall–Kier alpha value is -6.18. The number of hydrogen-bond acceptors (Lipinski definition) is 1. The standard InChI is InChI=1S/C46H28O/c1-2-11-34-29(10-1)22-25-32-28-33(26-27-35(32)34)45-39-14-5-3-12-37(39)44(38-13-4-6-15-40(38)45)31-23-20-30(21-24-31)36-17-9-19-43-46(36)41-16-7-8-18-42(41)47-43/h1-28H/i1D,2D,3D,4D,5D,6D,7D,8D,9D,10D,12D,13D,14D,15D,16D,17D,18D,19D,20D,21D,22D,23D,24D,25D,26D,27D,28D. The zero-order chi connectivity index (χ0) is 54.4. The summed E-state index contributed by atoms with van der Waals surface area (Å²) < 4.78 is 249. The van der Waals surface area contributed by atoms with Gasteiger partial charge in [-0.3, -0.25) is 0 Å². The van der Waals surface area contributed by atoms with Crippen LogP contribution in [0.2, 0.25) is 0 Å². The molecule has 0 unspecified atom stereocenters. The Morgan fingerprint density at radius 2 is 0.936 bits per heavy atom. The molecule has 1 nitrogen and oxygen atoms in total. The van der Waals surface area contributed by atoms with Crippen LogP contribution in [0.3, 0.4) is 0 Å². The molecule has 1 heterocycles. The summed E-state index contributed by atoms with van der Waals surface area (Å²) in [5.41, 5.74) is -5.53. The Morgan fingerprint density at radius 3 is 1.68 bits per heavy atom. The monoisotopic (exact) mass is 623 g/mol. The third-order valence-corrected chi connectivity index (χ3v) is 7.84.